The van der Waals surface area contributed by atoms with Gasteiger partial charge in [0.1, 0.15) is 5.75 Å². The van der Waals surface area contributed by atoms with Crippen molar-refractivity contribution in [1.29, 1.82) is 0 Å². The van der Waals surface area contributed by atoms with Gasteiger partial charge in [0.2, 0.25) is 0 Å². The zero-order valence-electron chi connectivity index (χ0n) is 12.2. The minimum atomic E-state index is -0.534. The van der Waals surface area contributed by atoms with Crippen LogP contribution < -0.4 is 15.1 Å². The number of rotatable bonds is 3. The first kappa shape index (κ1) is 14.3. The van der Waals surface area contributed by atoms with Gasteiger partial charge in [-0.15, -0.1) is 0 Å². The third-order valence-corrected chi connectivity index (χ3v) is 3.85. The molecule has 0 atom stereocenters. The summed E-state index contributed by atoms with van der Waals surface area (Å²) in [6.07, 6.45) is 2.29. The third kappa shape index (κ3) is 2.73. The molecule has 1 aliphatic heterocycles. The molecular weight excluding hydrogens is 282 g/mol. The van der Waals surface area contributed by atoms with Crippen molar-refractivity contribution < 1.29 is 14.7 Å². The number of hydroxylamine groups is 1. The van der Waals surface area contributed by atoms with Gasteiger partial charge in [0.15, 0.2) is 0 Å². The van der Waals surface area contributed by atoms with Gasteiger partial charge in [0.05, 0.1) is 24.9 Å². The Morgan fingerprint density at radius 3 is 2.82 bits per heavy atom. The van der Waals surface area contributed by atoms with Gasteiger partial charge in [-0.05, 0) is 42.3 Å². The Labute approximate surface area is 128 Å². The maximum Gasteiger partial charge on any atom is 0.276 e. The van der Waals surface area contributed by atoms with Gasteiger partial charge in [0, 0.05) is 18.4 Å². The zero-order valence-corrected chi connectivity index (χ0v) is 12.2. The van der Waals surface area contributed by atoms with Gasteiger partial charge in [0.25, 0.3) is 5.91 Å². The van der Waals surface area contributed by atoms with Gasteiger partial charge in [-0.2, -0.15) is 0 Å². The van der Waals surface area contributed by atoms with E-state index in [-0.39, 0.29) is 0 Å². The van der Waals surface area contributed by atoms with Gasteiger partial charge in [-0.3, -0.25) is 15.0 Å². The number of fused-ring (bicyclic) bond motifs is 1. The van der Waals surface area contributed by atoms with Crippen molar-refractivity contribution in [2.45, 2.75) is 13.0 Å². The monoisotopic (exact) mass is 299 g/mol. The summed E-state index contributed by atoms with van der Waals surface area (Å²) in [5, 5.41) is 8.68. The normalized spacial score (nSPS) is 13.5. The Balaban J connectivity index is 1.80. The lowest BCUT2D eigenvalue weighted by Gasteiger charge is -2.30. The first-order valence-electron chi connectivity index (χ1n) is 7.02. The van der Waals surface area contributed by atoms with E-state index in [0.29, 0.717) is 12.1 Å². The SMILES string of the molecule is COc1ccc(N2CCc3cc(C(=O)NO)cnc3C2)cc1. The molecule has 114 valence electrons. The van der Waals surface area contributed by atoms with Crippen molar-refractivity contribution in [3.8, 4) is 5.75 Å². The lowest BCUT2D eigenvalue weighted by Crippen LogP contribution is -2.31. The second-order valence-electron chi connectivity index (χ2n) is 5.14. The number of pyridine rings is 1. The molecule has 0 radical (unpaired) electrons. The van der Waals surface area contributed by atoms with Gasteiger partial charge >= 0.3 is 0 Å². The first-order valence-corrected chi connectivity index (χ1v) is 7.02. The molecule has 0 fully saturated rings. The number of carbonyl (C=O) groups is 1. The minimum absolute atomic E-state index is 0.374. The van der Waals surface area contributed by atoms with E-state index in [9.17, 15) is 4.79 Å². The number of hydrogen-bond acceptors (Lipinski definition) is 5. The molecule has 2 aromatic rings. The van der Waals surface area contributed by atoms with Crippen molar-refractivity contribution in [3.05, 3.63) is 53.3 Å². The Bertz CT molecular complexity index is 686. The molecule has 0 saturated carbocycles. The summed E-state index contributed by atoms with van der Waals surface area (Å²) in [5.74, 6) is 0.298. The van der Waals surface area contributed by atoms with E-state index in [2.05, 4.69) is 9.88 Å². The van der Waals surface area contributed by atoms with Crippen molar-refractivity contribution >= 4 is 11.6 Å². The quantitative estimate of drug-likeness (QED) is 0.667. The number of carbonyl (C=O) groups excluding carboxylic acids is 1. The molecule has 2 heterocycles. The number of methoxy groups -OCH3 is 1. The van der Waals surface area contributed by atoms with Crippen LogP contribution in [0.2, 0.25) is 0 Å². The molecule has 6 heteroatoms. The van der Waals surface area contributed by atoms with Gasteiger partial charge in [-0.1, -0.05) is 0 Å². The number of aromatic nitrogens is 1. The molecule has 3 rings (SSSR count). The molecule has 0 bridgehead atoms. The molecule has 0 saturated heterocycles. The van der Waals surface area contributed by atoms with Crippen LogP contribution in [0.25, 0.3) is 0 Å². The molecule has 0 unspecified atom stereocenters. The van der Waals surface area contributed by atoms with Crippen LogP contribution in [0, 0.1) is 0 Å². The van der Waals surface area contributed by atoms with Crippen LogP contribution in [0.4, 0.5) is 5.69 Å². The van der Waals surface area contributed by atoms with E-state index in [1.807, 2.05) is 24.3 Å². The van der Waals surface area contributed by atoms with E-state index in [1.165, 1.54) is 6.20 Å². The maximum absolute atomic E-state index is 11.4. The lowest BCUT2D eigenvalue weighted by molar-refractivity contribution is 0.0706. The Morgan fingerprint density at radius 1 is 1.36 bits per heavy atom. The Kier molecular flexibility index (Phi) is 3.93. The minimum Gasteiger partial charge on any atom is -0.497 e. The van der Waals surface area contributed by atoms with E-state index in [4.69, 9.17) is 9.94 Å². The molecule has 1 aromatic carbocycles. The molecule has 1 aliphatic rings. The fourth-order valence-corrected chi connectivity index (χ4v) is 2.61. The molecule has 1 aromatic heterocycles. The average Bonchev–Trinajstić information content (AvgIpc) is 2.60. The number of benzene rings is 1. The molecule has 2 N–H and O–H groups in total. The highest BCUT2D eigenvalue weighted by molar-refractivity contribution is 5.93. The first-order chi connectivity index (χ1) is 10.7. The van der Waals surface area contributed by atoms with Crippen LogP contribution in [-0.2, 0) is 13.0 Å². The van der Waals surface area contributed by atoms with E-state index < -0.39 is 5.91 Å². The van der Waals surface area contributed by atoms with Crippen LogP contribution >= 0.6 is 0 Å². The fraction of sp³-hybridized carbons (Fsp3) is 0.250. The van der Waals surface area contributed by atoms with Crippen molar-refractivity contribution in [1.82, 2.24) is 10.5 Å². The second-order valence-corrected chi connectivity index (χ2v) is 5.14. The molecular formula is C16H17N3O3. The topological polar surface area (TPSA) is 74.7 Å². The second kappa shape index (κ2) is 6.03. The van der Waals surface area contributed by atoms with Crippen LogP contribution in [0.3, 0.4) is 0 Å². The number of anilines is 1. The highest BCUT2D eigenvalue weighted by Crippen LogP contribution is 2.25. The highest BCUT2D eigenvalue weighted by atomic mass is 16.5. The average molecular weight is 299 g/mol. The molecule has 0 aliphatic carbocycles. The summed E-state index contributed by atoms with van der Waals surface area (Å²) < 4.78 is 5.17. The van der Waals surface area contributed by atoms with Crippen molar-refractivity contribution in [2.75, 3.05) is 18.6 Å². The predicted molar refractivity (Wildman–Crippen MR) is 81.2 cm³/mol. The summed E-state index contributed by atoms with van der Waals surface area (Å²) in [6.45, 7) is 1.55. The molecule has 22 heavy (non-hydrogen) atoms. The smallest absolute Gasteiger partial charge is 0.276 e. The Hall–Kier alpha value is -2.60. The van der Waals surface area contributed by atoms with E-state index in [1.54, 1.807) is 18.7 Å². The number of ether oxygens (including phenoxy) is 1. The maximum atomic E-state index is 11.4. The van der Waals surface area contributed by atoms with E-state index in [0.717, 1.165) is 35.7 Å². The lowest BCUT2D eigenvalue weighted by atomic mass is 10.0. The molecule has 0 spiro atoms. The van der Waals surface area contributed by atoms with Crippen LogP contribution in [0.15, 0.2) is 36.5 Å². The van der Waals surface area contributed by atoms with Crippen LogP contribution in [0.1, 0.15) is 21.6 Å². The summed E-state index contributed by atoms with van der Waals surface area (Å²) in [6, 6.07) is 9.72. The number of nitrogens with one attached hydrogen (secondary N) is 1. The standard InChI is InChI=1S/C16H17N3O3/c1-22-14-4-2-13(3-5-14)19-7-6-11-8-12(16(20)18-21)9-17-15(11)10-19/h2-5,8-9,21H,6-7,10H2,1H3,(H,18,20). The number of hydrogen-bond donors (Lipinski definition) is 2. The fourth-order valence-electron chi connectivity index (χ4n) is 2.61. The molecule has 1 amide bonds. The Morgan fingerprint density at radius 2 is 2.14 bits per heavy atom. The highest BCUT2D eigenvalue weighted by Gasteiger charge is 2.19. The van der Waals surface area contributed by atoms with Crippen molar-refractivity contribution in [3.63, 3.8) is 0 Å². The number of amides is 1. The zero-order chi connectivity index (χ0) is 15.5. The van der Waals surface area contributed by atoms with Crippen molar-refractivity contribution in [2.24, 2.45) is 0 Å². The van der Waals surface area contributed by atoms with Crippen LogP contribution in [0.5, 0.6) is 5.75 Å². The third-order valence-electron chi connectivity index (χ3n) is 3.85. The predicted octanol–water partition coefficient (Wildman–Crippen LogP) is 1.77. The van der Waals surface area contributed by atoms with Gasteiger partial charge in [-0.25, -0.2) is 5.48 Å². The summed E-state index contributed by atoms with van der Waals surface area (Å²) in [5.41, 5.74) is 5.12. The summed E-state index contributed by atoms with van der Waals surface area (Å²) in [7, 11) is 1.65. The number of nitrogens with zero attached hydrogens (tertiary/aromatic N) is 2. The van der Waals surface area contributed by atoms with Gasteiger partial charge < -0.3 is 9.64 Å². The summed E-state index contributed by atoms with van der Waals surface area (Å²) >= 11 is 0. The van der Waals surface area contributed by atoms with Crippen LogP contribution in [-0.4, -0.2) is 29.8 Å². The largest absolute Gasteiger partial charge is 0.497 e. The van der Waals surface area contributed by atoms with E-state index >= 15 is 0 Å². The summed E-state index contributed by atoms with van der Waals surface area (Å²) in [4.78, 5) is 18.0. The molecule has 6 nitrogen and oxygen atoms in total.